The molecule has 160 valence electrons. The van der Waals surface area contributed by atoms with Crippen LogP contribution >= 0.6 is 11.6 Å². The minimum Gasteiger partial charge on any atom is -0.495 e. The van der Waals surface area contributed by atoms with Gasteiger partial charge in [0.15, 0.2) is 0 Å². The predicted molar refractivity (Wildman–Crippen MR) is 113 cm³/mol. The molecule has 0 atom stereocenters. The van der Waals surface area contributed by atoms with Crippen molar-refractivity contribution in [1.29, 1.82) is 0 Å². The van der Waals surface area contributed by atoms with Gasteiger partial charge in [-0.2, -0.15) is 0 Å². The lowest BCUT2D eigenvalue weighted by atomic mass is 9.92. The number of aliphatic hydroxyl groups is 1. The Hall–Kier alpha value is -2.51. The van der Waals surface area contributed by atoms with Crippen LogP contribution < -0.4 is 19.7 Å². The quantitative estimate of drug-likeness (QED) is 0.749. The van der Waals surface area contributed by atoms with Crippen molar-refractivity contribution in [2.75, 3.05) is 37.0 Å². The Morgan fingerprint density at radius 1 is 1.20 bits per heavy atom. The monoisotopic (exact) mass is 434 g/mol. The van der Waals surface area contributed by atoms with Gasteiger partial charge >= 0.3 is 0 Å². The van der Waals surface area contributed by atoms with Crippen molar-refractivity contribution in [2.45, 2.75) is 31.3 Å². The molecule has 0 radical (unpaired) electrons. The van der Waals surface area contributed by atoms with E-state index in [1.54, 1.807) is 19.2 Å². The molecule has 0 bridgehead atoms. The Labute approximate surface area is 179 Å². The summed E-state index contributed by atoms with van der Waals surface area (Å²) in [6.07, 6.45) is 1.76. The molecule has 30 heavy (non-hydrogen) atoms. The number of ether oxygens (including phenoxy) is 2. The third-order valence-corrected chi connectivity index (χ3v) is 6.09. The van der Waals surface area contributed by atoms with E-state index >= 15 is 0 Å². The molecule has 2 aliphatic heterocycles. The summed E-state index contributed by atoms with van der Waals surface area (Å²) in [6.45, 7) is 1.42. The average Bonchev–Trinajstić information content (AvgIpc) is 2.75. The van der Waals surface area contributed by atoms with E-state index in [1.165, 1.54) is 6.07 Å². The summed E-state index contributed by atoms with van der Waals surface area (Å²) >= 11 is 6.10. The molecule has 2 aliphatic rings. The summed E-state index contributed by atoms with van der Waals surface area (Å²) in [4.78, 5) is 13.7. The number of nitrogens with zero attached hydrogens (tertiary/aromatic N) is 1. The molecule has 0 aromatic heterocycles. The Bertz CT molecular complexity index is 960. The van der Waals surface area contributed by atoms with Crippen LogP contribution in [0.2, 0.25) is 5.02 Å². The highest BCUT2D eigenvalue weighted by Gasteiger charge is 2.34. The van der Waals surface area contributed by atoms with Gasteiger partial charge in [-0.25, -0.2) is 4.39 Å². The number of fused-ring (bicyclic) bond motifs is 1. The summed E-state index contributed by atoms with van der Waals surface area (Å²) in [5.74, 6) is 0.440. The van der Waals surface area contributed by atoms with E-state index in [2.05, 4.69) is 10.2 Å². The maximum absolute atomic E-state index is 14.0. The van der Waals surface area contributed by atoms with Crippen LogP contribution in [-0.4, -0.2) is 43.4 Å². The summed E-state index contributed by atoms with van der Waals surface area (Å²) < 4.78 is 25.2. The van der Waals surface area contributed by atoms with Gasteiger partial charge in [0.05, 0.1) is 17.8 Å². The average molecular weight is 435 g/mol. The molecular weight excluding hydrogens is 411 g/mol. The topological polar surface area (TPSA) is 71.0 Å². The van der Waals surface area contributed by atoms with Crippen molar-refractivity contribution in [3.63, 3.8) is 0 Å². The Kier molecular flexibility index (Phi) is 5.75. The van der Waals surface area contributed by atoms with Crippen molar-refractivity contribution in [1.82, 2.24) is 0 Å². The maximum Gasteiger partial charge on any atom is 0.224 e. The number of carbonyl (C=O) groups excluding carboxylic acids is 1. The van der Waals surface area contributed by atoms with Crippen molar-refractivity contribution in [3.8, 4) is 11.5 Å². The molecule has 6 nitrogen and oxygen atoms in total. The van der Waals surface area contributed by atoms with E-state index < -0.39 is 11.4 Å². The molecule has 2 N–H and O–H groups in total. The summed E-state index contributed by atoms with van der Waals surface area (Å²) in [5, 5.41) is 14.1. The molecule has 4 rings (SSSR count). The Morgan fingerprint density at radius 3 is 2.70 bits per heavy atom. The second-order valence-electron chi connectivity index (χ2n) is 7.77. The second-order valence-corrected chi connectivity index (χ2v) is 8.17. The molecule has 2 aromatic carbocycles. The van der Waals surface area contributed by atoms with E-state index in [1.807, 2.05) is 12.1 Å². The van der Waals surface area contributed by atoms with Gasteiger partial charge in [0.2, 0.25) is 5.91 Å². The van der Waals surface area contributed by atoms with Crippen LogP contribution in [0.25, 0.3) is 0 Å². The van der Waals surface area contributed by atoms with E-state index in [0.29, 0.717) is 54.4 Å². The second kappa shape index (κ2) is 8.32. The fourth-order valence-corrected chi connectivity index (χ4v) is 4.14. The minimum atomic E-state index is -0.980. The molecule has 8 heteroatoms. The molecule has 2 aromatic rings. The zero-order valence-electron chi connectivity index (χ0n) is 16.7. The lowest BCUT2D eigenvalue weighted by molar-refractivity contribution is -0.116. The van der Waals surface area contributed by atoms with Crippen molar-refractivity contribution in [3.05, 3.63) is 46.7 Å². The van der Waals surface area contributed by atoms with Gasteiger partial charge in [-0.15, -0.1) is 0 Å². The SMILES string of the molecule is COc1cc(N2CCC(O)(COc3ccc(F)c4c3CCC(=O)N4)CC2)ccc1Cl. The van der Waals surface area contributed by atoms with Gasteiger partial charge in [-0.05, 0) is 43.5 Å². The first-order valence-corrected chi connectivity index (χ1v) is 10.3. The standard InChI is InChI=1S/C22H24ClFN2O4/c1-29-19-12-14(2-4-16(19)23)26-10-8-22(28,9-11-26)13-30-18-6-5-17(24)21-15(18)3-7-20(27)25-21/h2,4-6,12,28H,3,7-11,13H2,1H3,(H,25,27). The van der Waals surface area contributed by atoms with Crippen LogP contribution in [0.3, 0.4) is 0 Å². The smallest absolute Gasteiger partial charge is 0.224 e. The number of hydrogen-bond acceptors (Lipinski definition) is 5. The van der Waals surface area contributed by atoms with Crippen LogP contribution in [0.5, 0.6) is 11.5 Å². The highest BCUT2D eigenvalue weighted by molar-refractivity contribution is 6.32. The first kappa shape index (κ1) is 20.8. The third-order valence-electron chi connectivity index (χ3n) is 5.78. The highest BCUT2D eigenvalue weighted by Crippen LogP contribution is 2.36. The van der Waals surface area contributed by atoms with Gasteiger partial charge in [0.25, 0.3) is 0 Å². The minimum absolute atomic E-state index is 0.108. The lowest BCUT2D eigenvalue weighted by Crippen LogP contribution is -2.48. The van der Waals surface area contributed by atoms with Crippen molar-refractivity contribution in [2.24, 2.45) is 0 Å². The number of hydrogen-bond donors (Lipinski definition) is 2. The number of nitrogens with one attached hydrogen (secondary N) is 1. The van der Waals surface area contributed by atoms with Crippen molar-refractivity contribution < 1.29 is 23.8 Å². The summed E-state index contributed by atoms with van der Waals surface area (Å²) in [7, 11) is 1.58. The molecule has 0 unspecified atom stereocenters. The van der Waals surface area contributed by atoms with E-state index in [4.69, 9.17) is 21.1 Å². The third kappa shape index (κ3) is 4.18. The Balaban J connectivity index is 1.40. The van der Waals surface area contributed by atoms with Gasteiger partial charge in [0.1, 0.15) is 29.5 Å². The number of halogens is 2. The predicted octanol–water partition coefficient (Wildman–Crippen LogP) is 3.78. The molecule has 1 amide bonds. The fourth-order valence-electron chi connectivity index (χ4n) is 3.94. The van der Waals surface area contributed by atoms with Crippen molar-refractivity contribution >= 4 is 28.9 Å². The molecule has 2 heterocycles. The largest absolute Gasteiger partial charge is 0.495 e. The van der Waals surface area contributed by atoms with Crippen LogP contribution in [0.15, 0.2) is 30.3 Å². The zero-order valence-corrected chi connectivity index (χ0v) is 17.5. The number of methoxy groups -OCH3 is 1. The van der Waals surface area contributed by atoms with Crippen LogP contribution in [0, 0.1) is 5.82 Å². The Morgan fingerprint density at radius 2 is 1.97 bits per heavy atom. The highest BCUT2D eigenvalue weighted by atomic mass is 35.5. The first-order chi connectivity index (χ1) is 14.4. The van der Waals surface area contributed by atoms with Gasteiger partial charge in [-0.1, -0.05) is 11.6 Å². The summed E-state index contributed by atoms with van der Waals surface area (Å²) in [5.41, 5.74) is 0.834. The number of piperidine rings is 1. The molecule has 1 saturated heterocycles. The van der Waals surface area contributed by atoms with Gasteiger partial charge in [0, 0.05) is 36.8 Å². The molecule has 1 fully saturated rings. The number of carbonyl (C=O) groups is 1. The molecular formula is C22H24ClFN2O4. The zero-order chi connectivity index (χ0) is 21.3. The fraction of sp³-hybridized carbons (Fsp3) is 0.409. The van der Waals surface area contributed by atoms with Crippen LogP contribution in [-0.2, 0) is 11.2 Å². The molecule has 0 aliphatic carbocycles. The van der Waals surface area contributed by atoms with Crippen LogP contribution in [0.4, 0.5) is 15.8 Å². The number of anilines is 2. The number of amides is 1. The first-order valence-electron chi connectivity index (χ1n) is 9.93. The molecule has 0 saturated carbocycles. The number of rotatable bonds is 5. The van der Waals surface area contributed by atoms with Gasteiger partial charge in [-0.3, -0.25) is 4.79 Å². The normalized spacial score (nSPS) is 17.9. The summed E-state index contributed by atoms with van der Waals surface area (Å²) in [6, 6.07) is 8.47. The lowest BCUT2D eigenvalue weighted by Gasteiger charge is -2.39. The van der Waals surface area contributed by atoms with E-state index in [0.717, 1.165) is 5.69 Å². The van der Waals surface area contributed by atoms with Crippen LogP contribution in [0.1, 0.15) is 24.8 Å². The number of benzene rings is 2. The van der Waals surface area contributed by atoms with E-state index in [-0.39, 0.29) is 24.6 Å². The van der Waals surface area contributed by atoms with Gasteiger partial charge < -0.3 is 24.8 Å². The molecule has 0 spiro atoms. The maximum atomic E-state index is 14.0. The van der Waals surface area contributed by atoms with E-state index in [9.17, 15) is 14.3 Å².